The molecule has 0 radical (unpaired) electrons. The van der Waals surface area contributed by atoms with Crippen LogP contribution in [0, 0.1) is 5.41 Å². The lowest BCUT2D eigenvalue weighted by molar-refractivity contribution is -0.144. The van der Waals surface area contributed by atoms with Crippen LogP contribution < -0.4 is 0 Å². The Morgan fingerprint density at radius 3 is 2.50 bits per heavy atom. The molecule has 2 heterocycles. The van der Waals surface area contributed by atoms with E-state index in [0.717, 1.165) is 25.9 Å². The summed E-state index contributed by atoms with van der Waals surface area (Å²) in [5.74, 6) is -0.150. The number of aromatic nitrogens is 2. The van der Waals surface area contributed by atoms with Crippen molar-refractivity contribution in [3.63, 3.8) is 0 Å². The van der Waals surface area contributed by atoms with Gasteiger partial charge in [-0.3, -0.25) is 14.3 Å². The van der Waals surface area contributed by atoms with E-state index < -0.39 is 0 Å². The molecule has 6 nitrogen and oxygen atoms in total. The fraction of sp³-hybridized carbons (Fsp3) is 0.688. The van der Waals surface area contributed by atoms with Crippen LogP contribution >= 0.6 is 0 Å². The SMILES string of the molecule is COC(=O)CC(C)(C)CC(=O)N1CCC(n2cccn2)CC1. The molecule has 0 N–H and O–H groups in total. The number of nitrogens with zero attached hydrogens (tertiary/aromatic N) is 3. The Morgan fingerprint density at radius 1 is 1.27 bits per heavy atom. The highest BCUT2D eigenvalue weighted by Crippen LogP contribution is 2.28. The Morgan fingerprint density at radius 2 is 1.95 bits per heavy atom. The summed E-state index contributed by atoms with van der Waals surface area (Å²) < 4.78 is 6.67. The lowest BCUT2D eigenvalue weighted by atomic mass is 9.85. The van der Waals surface area contributed by atoms with Crippen LogP contribution in [0.4, 0.5) is 0 Å². The van der Waals surface area contributed by atoms with Crippen LogP contribution in [0.5, 0.6) is 0 Å². The van der Waals surface area contributed by atoms with Gasteiger partial charge in [0.25, 0.3) is 0 Å². The lowest BCUT2D eigenvalue weighted by Crippen LogP contribution is -2.41. The molecule has 0 aromatic carbocycles. The largest absolute Gasteiger partial charge is 0.469 e. The Bertz CT molecular complexity index is 503. The van der Waals surface area contributed by atoms with E-state index >= 15 is 0 Å². The summed E-state index contributed by atoms with van der Waals surface area (Å²) in [6, 6.07) is 2.30. The Balaban J connectivity index is 1.83. The Labute approximate surface area is 131 Å². The molecule has 1 aliphatic rings. The molecule has 122 valence electrons. The maximum Gasteiger partial charge on any atom is 0.306 e. The first kappa shape index (κ1) is 16.5. The summed E-state index contributed by atoms with van der Waals surface area (Å²) in [5, 5.41) is 4.27. The highest BCUT2D eigenvalue weighted by molar-refractivity contribution is 5.78. The summed E-state index contributed by atoms with van der Waals surface area (Å²) in [6.07, 6.45) is 6.23. The number of methoxy groups -OCH3 is 1. The standard InChI is InChI=1S/C16H25N3O3/c1-16(2,12-15(21)22-3)11-14(20)18-9-5-13(6-10-18)19-8-4-7-17-19/h4,7-8,13H,5-6,9-12H2,1-3H3. The monoisotopic (exact) mass is 307 g/mol. The average molecular weight is 307 g/mol. The maximum atomic E-state index is 12.4. The van der Waals surface area contributed by atoms with Crippen LogP contribution in [0.1, 0.15) is 45.6 Å². The van der Waals surface area contributed by atoms with Gasteiger partial charge in [0.05, 0.1) is 19.6 Å². The zero-order chi connectivity index (χ0) is 16.2. The predicted octanol–water partition coefficient (Wildman–Crippen LogP) is 2.03. The van der Waals surface area contributed by atoms with E-state index in [9.17, 15) is 9.59 Å². The molecule has 0 atom stereocenters. The van der Waals surface area contributed by atoms with Crippen molar-refractivity contribution in [2.75, 3.05) is 20.2 Å². The lowest BCUT2D eigenvalue weighted by Gasteiger charge is -2.34. The topological polar surface area (TPSA) is 64.4 Å². The molecule has 2 rings (SSSR count). The zero-order valence-electron chi connectivity index (χ0n) is 13.6. The number of piperidine rings is 1. The van der Waals surface area contributed by atoms with Gasteiger partial charge in [-0.25, -0.2) is 0 Å². The first-order chi connectivity index (χ1) is 10.4. The smallest absolute Gasteiger partial charge is 0.306 e. The van der Waals surface area contributed by atoms with Gasteiger partial charge in [-0.15, -0.1) is 0 Å². The Kier molecular flexibility index (Phi) is 5.21. The quantitative estimate of drug-likeness (QED) is 0.781. The molecule has 1 aliphatic heterocycles. The molecule has 0 unspecified atom stereocenters. The molecule has 1 fully saturated rings. The van der Waals surface area contributed by atoms with Gasteiger partial charge in [-0.1, -0.05) is 13.8 Å². The summed E-state index contributed by atoms with van der Waals surface area (Å²) in [6.45, 7) is 5.35. The number of esters is 1. The fourth-order valence-electron chi connectivity index (χ4n) is 2.92. The summed E-state index contributed by atoms with van der Waals surface area (Å²) in [4.78, 5) is 25.7. The number of carbonyl (C=O) groups excluding carboxylic acids is 2. The van der Waals surface area contributed by atoms with Crippen LogP contribution in [0.15, 0.2) is 18.5 Å². The van der Waals surface area contributed by atoms with Crippen molar-refractivity contribution >= 4 is 11.9 Å². The van der Waals surface area contributed by atoms with Crippen molar-refractivity contribution in [3.05, 3.63) is 18.5 Å². The van der Waals surface area contributed by atoms with E-state index in [2.05, 4.69) is 5.10 Å². The molecule has 6 heteroatoms. The molecular weight excluding hydrogens is 282 g/mol. The normalized spacial score (nSPS) is 16.6. The molecule has 0 saturated carbocycles. The van der Waals surface area contributed by atoms with Crippen molar-refractivity contribution in [1.29, 1.82) is 0 Å². The molecule has 22 heavy (non-hydrogen) atoms. The van der Waals surface area contributed by atoms with E-state index in [1.165, 1.54) is 7.11 Å². The van der Waals surface area contributed by atoms with E-state index in [1.54, 1.807) is 6.20 Å². The molecule has 1 aromatic heterocycles. The highest BCUT2D eigenvalue weighted by Gasteiger charge is 2.30. The molecule has 1 saturated heterocycles. The number of amides is 1. The molecular formula is C16H25N3O3. The van der Waals surface area contributed by atoms with Crippen LogP contribution in [-0.2, 0) is 14.3 Å². The maximum absolute atomic E-state index is 12.4. The van der Waals surface area contributed by atoms with Gasteiger partial charge in [-0.2, -0.15) is 5.10 Å². The number of rotatable bonds is 5. The number of hydrogen-bond acceptors (Lipinski definition) is 4. The van der Waals surface area contributed by atoms with Gasteiger partial charge in [0.15, 0.2) is 0 Å². The minimum absolute atomic E-state index is 0.118. The van der Waals surface area contributed by atoms with Gasteiger partial charge in [0.1, 0.15) is 0 Å². The van der Waals surface area contributed by atoms with E-state index in [-0.39, 0.29) is 23.7 Å². The molecule has 0 bridgehead atoms. The van der Waals surface area contributed by atoms with Gasteiger partial charge in [0, 0.05) is 31.9 Å². The molecule has 1 aromatic rings. The number of likely N-dealkylation sites (tertiary alicyclic amines) is 1. The van der Waals surface area contributed by atoms with E-state index in [0.29, 0.717) is 12.5 Å². The van der Waals surface area contributed by atoms with Crippen LogP contribution in [-0.4, -0.2) is 46.8 Å². The predicted molar refractivity (Wildman–Crippen MR) is 82.1 cm³/mol. The van der Waals surface area contributed by atoms with Gasteiger partial charge < -0.3 is 9.64 Å². The second kappa shape index (κ2) is 6.94. The van der Waals surface area contributed by atoms with Crippen LogP contribution in [0.2, 0.25) is 0 Å². The highest BCUT2D eigenvalue weighted by atomic mass is 16.5. The molecule has 0 aliphatic carbocycles. The third-order valence-corrected chi connectivity index (χ3v) is 4.20. The van der Waals surface area contributed by atoms with Crippen LogP contribution in [0.25, 0.3) is 0 Å². The van der Waals surface area contributed by atoms with Gasteiger partial charge >= 0.3 is 5.97 Å². The van der Waals surface area contributed by atoms with Crippen molar-refractivity contribution < 1.29 is 14.3 Å². The first-order valence-electron chi connectivity index (χ1n) is 7.75. The van der Waals surface area contributed by atoms with Gasteiger partial charge in [0.2, 0.25) is 5.91 Å². The summed E-state index contributed by atoms with van der Waals surface area (Å²) in [7, 11) is 1.38. The number of carbonyl (C=O) groups is 2. The number of hydrogen-bond donors (Lipinski definition) is 0. The third kappa shape index (κ3) is 4.32. The minimum Gasteiger partial charge on any atom is -0.469 e. The van der Waals surface area contributed by atoms with Gasteiger partial charge in [-0.05, 0) is 24.3 Å². The molecule has 0 spiro atoms. The minimum atomic E-state index is -0.372. The zero-order valence-corrected chi connectivity index (χ0v) is 13.6. The van der Waals surface area contributed by atoms with Crippen molar-refractivity contribution in [2.24, 2.45) is 5.41 Å². The molecule has 1 amide bonds. The van der Waals surface area contributed by atoms with Crippen molar-refractivity contribution in [1.82, 2.24) is 14.7 Å². The first-order valence-corrected chi connectivity index (χ1v) is 7.75. The fourth-order valence-corrected chi connectivity index (χ4v) is 2.92. The average Bonchev–Trinajstić information content (AvgIpc) is 3.00. The summed E-state index contributed by atoms with van der Waals surface area (Å²) in [5.41, 5.74) is -0.372. The second-order valence-electron chi connectivity index (χ2n) is 6.69. The van der Waals surface area contributed by atoms with E-state index in [1.807, 2.05) is 35.7 Å². The van der Waals surface area contributed by atoms with Crippen molar-refractivity contribution in [2.45, 2.75) is 45.6 Å². The third-order valence-electron chi connectivity index (χ3n) is 4.20. The Hall–Kier alpha value is -1.85. The second-order valence-corrected chi connectivity index (χ2v) is 6.69. The van der Waals surface area contributed by atoms with Crippen molar-refractivity contribution in [3.8, 4) is 0 Å². The number of ether oxygens (including phenoxy) is 1. The van der Waals surface area contributed by atoms with Crippen LogP contribution in [0.3, 0.4) is 0 Å². The summed E-state index contributed by atoms with van der Waals surface area (Å²) >= 11 is 0. The van der Waals surface area contributed by atoms with E-state index in [4.69, 9.17) is 4.74 Å².